The van der Waals surface area contributed by atoms with Crippen LogP contribution in [0.5, 0.6) is 0 Å². The second-order valence-electron chi connectivity index (χ2n) is 6.84. The highest BCUT2D eigenvalue weighted by atomic mass is 127. The molecular formula is C20H33IN4O2S. The zero-order valence-electron chi connectivity index (χ0n) is 16.9. The van der Waals surface area contributed by atoms with E-state index in [0.717, 1.165) is 44.4 Å². The number of ether oxygens (including phenoxy) is 1. The fourth-order valence-corrected chi connectivity index (χ4v) is 3.02. The molecule has 0 unspecified atom stereocenters. The van der Waals surface area contributed by atoms with E-state index >= 15 is 0 Å². The summed E-state index contributed by atoms with van der Waals surface area (Å²) in [6, 6.07) is 10.3. The molecule has 6 nitrogen and oxygen atoms in total. The van der Waals surface area contributed by atoms with Crippen molar-refractivity contribution in [2.24, 2.45) is 10.9 Å². The first kappa shape index (κ1) is 25.0. The number of likely N-dealkylation sites (N-methyl/N-ethyl adjacent to an activating group) is 1. The lowest BCUT2D eigenvalue weighted by Gasteiger charge is -2.14. The molecule has 2 N–H and O–H groups in total. The summed E-state index contributed by atoms with van der Waals surface area (Å²) < 4.78 is 5.65. The van der Waals surface area contributed by atoms with E-state index in [2.05, 4.69) is 27.8 Å². The SMILES string of the molecule is CN(C)C(=O)CN=C(NCCCOCC1CC1)NCCSc1ccccc1.I. The van der Waals surface area contributed by atoms with Crippen molar-refractivity contribution in [1.29, 1.82) is 0 Å². The normalized spacial score (nSPS) is 13.6. The van der Waals surface area contributed by atoms with Crippen molar-refractivity contribution in [2.45, 2.75) is 24.2 Å². The molecule has 1 aliphatic rings. The number of nitrogens with zero attached hydrogens (tertiary/aromatic N) is 2. The highest BCUT2D eigenvalue weighted by Gasteiger charge is 2.20. The number of nitrogens with one attached hydrogen (secondary N) is 2. The molecule has 0 saturated heterocycles. The molecule has 0 aromatic heterocycles. The lowest BCUT2D eigenvalue weighted by atomic mass is 10.4. The summed E-state index contributed by atoms with van der Waals surface area (Å²) in [4.78, 5) is 19.0. The van der Waals surface area contributed by atoms with Crippen LogP contribution in [0.3, 0.4) is 0 Å². The van der Waals surface area contributed by atoms with E-state index in [1.807, 2.05) is 18.2 Å². The fraction of sp³-hybridized carbons (Fsp3) is 0.600. The van der Waals surface area contributed by atoms with Gasteiger partial charge in [-0.2, -0.15) is 0 Å². The van der Waals surface area contributed by atoms with Crippen LogP contribution in [0.25, 0.3) is 0 Å². The first-order valence-electron chi connectivity index (χ1n) is 9.63. The topological polar surface area (TPSA) is 66.0 Å². The molecule has 0 spiro atoms. The van der Waals surface area contributed by atoms with Crippen LogP contribution in [-0.4, -0.2) is 69.5 Å². The number of benzene rings is 1. The number of thioether (sulfide) groups is 1. The van der Waals surface area contributed by atoms with Crippen molar-refractivity contribution in [1.82, 2.24) is 15.5 Å². The predicted octanol–water partition coefficient (Wildman–Crippen LogP) is 2.84. The van der Waals surface area contributed by atoms with Crippen molar-refractivity contribution < 1.29 is 9.53 Å². The van der Waals surface area contributed by atoms with Gasteiger partial charge in [0.2, 0.25) is 5.91 Å². The number of hydrogen-bond donors (Lipinski definition) is 2. The Morgan fingerprint density at radius 3 is 2.61 bits per heavy atom. The standard InChI is InChI=1S/C20H32N4O2S.HI/c1-24(2)19(25)15-23-20(21-11-6-13-26-16-17-9-10-17)22-12-14-27-18-7-4-3-5-8-18;/h3-5,7-8,17H,6,9-16H2,1-2H3,(H2,21,22,23);1H. The minimum atomic E-state index is -0.0115. The van der Waals surface area contributed by atoms with E-state index < -0.39 is 0 Å². The first-order valence-corrected chi connectivity index (χ1v) is 10.6. The second kappa shape index (κ2) is 14.9. The van der Waals surface area contributed by atoms with Crippen LogP contribution in [0.15, 0.2) is 40.2 Å². The quantitative estimate of drug-likeness (QED) is 0.146. The summed E-state index contributed by atoms with van der Waals surface area (Å²) in [7, 11) is 3.48. The minimum absolute atomic E-state index is 0. The van der Waals surface area contributed by atoms with Gasteiger partial charge in [0, 0.05) is 51.0 Å². The maximum atomic E-state index is 11.8. The number of guanidine groups is 1. The van der Waals surface area contributed by atoms with Crippen LogP contribution in [0, 0.1) is 5.92 Å². The summed E-state index contributed by atoms with van der Waals surface area (Å²) in [5.74, 6) is 2.40. The second-order valence-corrected chi connectivity index (χ2v) is 8.01. The molecule has 28 heavy (non-hydrogen) atoms. The maximum absolute atomic E-state index is 11.8. The van der Waals surface area contributed by atoms with Gasteiger partial charge in [0.05, 0.1) is 0 Å². The molecule has 1 aliphatic carbocycles. The summed E-state index contributed by atoms with van der Waals surface area (Å²) in [6.07, 6.45) is 3.56. The highest BCUT2D eigenvalue weighted by Crippen LogP contribution is 2.28. The highest BCUT2D eigenvalue weighted by molar-refractivity contribution is 14.0. The molecule has 0 heterocycles. The Morgan fingerprint density at radius 1 is 1.21 bits per heavy atom. The van der Waals surface area contributed by atoms with Gasteiger partial charge in [-0.3, -0.25) is 4.79 Å². The van der Waals surface area contributed by atoms with E-state index in [1.54, 1.807) is 30.8 Å². The van der Waals surface area contributed by atoms with E-state index in [-0.39, 0.29) is 36.4 Å². The number of rotatable bonds is 12. The van der Waals surface area contributed by atoms with E-state index in [9.17, 15) is 4.79 Å². The number of amides is 1. The summed E-state index contributed by atoms with van der Waals surface area (Å²) in [5.41, 5.74) is 0. The maximum Gasteiger partial charge on any atom is 0.243 e. The van der Waals surface area contributed by atoms with Crippen molar-refractivity contribution in [3.8, 4) is 0 Å². The Labute approximate surface area is 190 Å². The van der Waals surface area contributed by atoms with Gasteiger partial charge in [-0.1, -0.05) is 18.2 Å². The minimum Gasteiger partial charge on any atom is -0.381 e. The molecule has 1 fully saturated rings. The first-order chi connectivity index (χ1) is 13.1. The lowest BCUT2D eigenvalue weighted by molar-refractivity contribution is -0.127. The van der Waals surface area contributed by atoms with Gasteiger partial charge in [0.1, 0.15) is 6.54 Å². The molecule has 0 radical (unpaired) electrons. The molecule has 0 bridgehead atoms. The van der Waals surface area contributed by atoms with Crippen LogP contribution in [0.1, 0.15) is 19.3 Å². The summed E-state index contributed by atoms with van der Waals surface area (Å²) in [6.45, 7) is 3.36. The molecule has 2 rings (SSSR count). The smallest absolute Gasteiger partial charge is 0.243 e. The molecule has 1 amide bonds. The number of hydrogen-bond acceptors (Lipinski definition) is 4. The zero-order valence-corrected chi connectivity index (χ0v) is 20.0. The van der Waals surface area contributed by atoms with Gasteiger partial charge < -0.3 is 20.3 Å². The third kappa shape index (κ3) is 11.8. The van der Waals surface area contributed by atoms with Gasteiger partial charge in [-0.15, -0.1) is 35.7 Å². The van der Waals surface area contributed by atoms with Crippen LogP contribution in [-0.2, 0) is 9.53 Å². The number of halogens is 1. The average Bonchev–Trinajstić information content (AvgIpc) is 3.50. The Morgan fingerprint density at radius 2 is 1.93 bits per heavy atom. The molecular weight excluding hydrogens is 487 g/mol. The van der Waals surface area contributed by atoms with Gasteiger partial charge in [0.25, 0.3) is 0 Å². The Hall–Kier alpha value is -1.000. The van der Waals surface area contributed by atoms with E-state index in [1.165, 1.54) is 17.7 Å². The van der Waals surface area contributed by atoms with Crippen LogP contribution >= 0.6 is 35.7 Å². The Kier molecular flexibility index (Phi) is 13.3. The third-order valence-corrected chi connectivity index (χ3v) is 5.10. The molecule has 0 atom stereocenters. The van der Waals surface area contributed by atoms with Crippen molar-refractivity contribution in [3.05, 3.63) is 30.3 Å². The Balaban J connectivity index is 0.00000392. The van der Waals surface area contributed by atoms with Gasteiger partial charge in [0.15, 0.2) is 5.96 Å². The molecule has 1 aromatic carbocycles. The Bertz CT molecular complexity index is 583. The number of aliphatic imine (C=N–C) groups is 1. The molecule has 1 saturated carbocycles. The largest absolute Gasteiger partial charge is 0.381 e. The number of carbonyl (C=O) groups excluding carboxylic acids is 1. The average molecular weight is 520 g/mol. The van der Waals surface area contributed by atoms with Crippen molar-refractivity contribution >= 4 is 47.6 Å². The third-order valence-electron chi connectivity index (χ3n) is 4.09. The monoisotopic (exact) mass is 520 g/mol. The van der Waals surface area contributed by atoms with Crippen molar-refractivity contribution in [3.63, 3.8) is 0 Å². The molecule has 158 valence electrons. The molecule has 8 heteroatoms. The van der Waals surface area contributed by atoms with Gasteiger partial charge in [-0.25, -0.2) is 4.99 Å². The summed E-state index contributed by atoms with van der Waals surface area (Å²) in [5, 5.41) is 6.61. The van der Waals surface area contributed by atoms with Crippen LogP contribution < -0.4 is 10.6 Å². The summed E-state index contributed by atoms with van der Waals surface area (Å²) >= 11 is 1.79. The lowest BCUT2D eigenvalue weighted by Crippen LogP contribution is -2.40. The molecule has 1 aromatic rings. The van der Waals surface area contributed by atoms with Crippen LogP contribution in [0.4, 0.5) is 0 Å². The molecule has 0 aliphatic heterocycles. The van der Waals surface area contributed by atoms with Gasteiger partial charge in [-0.05, 0) is 37.3 Å². The van der Waals surface area contributed by atoms with Crippen LogP contribution in [0.2, 0.25) is 0 Å². The van der Waals surface area contributed by atoms with E-state index in [0.29, 0.717) is 5.96 Å². The van der Waals surface area contributed by atoms with Crippen molar-refractivity contribution in [2.75, 3.05) is 52.7 Å². The van der Waals surface area contributed by atoms with Gasteiger partial charge >= 0.3 is 0 Å². The number of carbonyl (C=O) groups is 1. The predicted molar refractivity (Wildman–Crippen MR) is 128 cm³/mol. The zero-order chi connectivity index (χ0) is 19.3. The fourth-order valence-electron chi connectivity index (χ4n) is 2.23. The van der Waals surface area contributed by atoms with E-state index in [4.69, 9.17) is 4.74 Å².